The van der Waals surface area contributed by atoms with Crippen LogP contribution in [0.3, 0.4) is 0 Å². The molecule has 0 bridgehead atoms. The summed E-state index contributed by atoms with van der Waals surface area (Å²) >= 11 is 11.9. The van der Waals surface area contributed by atoms with E-state index in [2.05, 4.69) is 17.3 Å². The van der Waals surface area contributed by atoms with Crippen LogP contribution in [0.5, 0.6) is 0 Å². The van der Waals surface area contributed by atoms with Crippen LogP contribution in [0.1, 0.15) is 19.3 Å². The van der Waals surface area contributed by atoms with Gasteiger partial charge >= 0.3 is 0 Å². The molecule has 4 heteroatoms. The number of anilines is 1. The highest BCUT2D eigenvalue weighted by Gasteiger charge is 2.18. The Balaban J connectivity index is 1.92. The van der Waals surface area contributed by atoms with Crippen LogP contribution in [-0.4, -0.2) is 31.1 Å². The van der Waals surface area contributed by atoms with Crippen LogP contribution in [0.15, 0.2) is 18.2 Å². The van der Waals surface area contributed by atoms with E-state index in [-0.39, 0.29) is 0 Å². The summed E-state index contributed by atoms with van der Waals surface area (Å²) in [5.74, 6) is 0. The summed E-state index contributed by atoms with van der Waals surface area (Å²) in [7, 11) is 2.19. The van der Waals surface area contributed by atoms with Gasteiger partial charge in [-0.3, -0.25) is 0 Å². The maximum atomic E-state index is 5.97. The average Bonchev–Trinajstić information content (AvgIpc) is 2.27. The molecule has 0 amide bonds. The van der Waals surface area contributed by atoms with Gasteiger partial charge in [0.2, 0.25) is 0 Å². The number of benzene rings is 1. The molecule has 0 aliphatic carbocycles. The zero-order chi connectivity index (χ0) is 12.3. The zero-order valence-electron chi connectivity index (χ0n) is 10.0. The molecule has 1 N–H and O–H groups in total. The molecule has 1 unspecified atom stereocenters. The van der Waals surface area contributed by atoms with Crippen LogP contribution < -0.4 is 5.32 Å². The van der Waals surface area contributed by atoms with Crippen molar-refractivity contribution in [2.24, 2.45) is 0 Å². The first-order valence-electron chi connectivity index (χ1n) is 6.05. The summed E-state index contributed by atoms with van der Waals surface area (Å²) < 4.78 is 0. The van der Waals surface area contributed by atoms with Crippen molar-refractivity contribution >= 4 is 28.9 Å². The fraction of sp³-hybridized carbons (Fsp3) is 0.538. The van der Waals surface area contributed by atoms with Gasteiger partial charge in [-0.05, 0) is 44.6 Å². The Kier molecular flexibility index (Phi) is 4.55. The number of hydrogen-bond donors (Lipinski definition) is 1. The van der Waals surface area contributed by atoms with E-state index < -0.39 is 0 Å². The van der Waals surface area contributed by atoms with E-state index in [1.54, 1.807) is 6.07 Å². The van der Waals surface area contributed by atoms with Crippen LogP contribution in [0.2, 0.25) is 10.0 Å². The minimum Gasteiger partial charge on any atom is -0.383 e. The van der Waals surface area contributed by atoms with Gasteiger partial charge in [0.15, 0.2) is 0 Å². The molecule has 1 saturated heterocycles. The van der Waals surface area contributed by atoms with E-state index in [0.717, 1.165) is 12.2 Å². The third-order valence-electron chi connectivity index (χ3n) is 3.33. The molecular weight excluding hydrogens is 255 g/mol. The average molecular weight is 273 g/mol. The Labute approximate surface area is 113 Å². The molecule has 1 fully saturated rings. The molecule has 1 aromatic carbocycles. The summed E-state index contributed by atoms with van der Waals surface area (Å²) in [4.78, 5) is 2.42. The monoisotopic (exact) mass is 272 g/mol. The quantitative estimate of drug-likeness (QED) is 0.898. The standard InChI is InChI=1S/C13H18Cl2N2/c1-17-5-3-2-4-13(17)9-16-12-7-10(14)6-11(15)8-12/h6-8,13,16H,2-5,9H2,1H3. The van der Waals surface area contributed by atoms with Gasteiger partial charge in [-0.15, -0.1) is 0 Å². The SMILES string of the molecule is CN1CCCCC1CNc1cc(Cl)cc(Cl)c1. The zero-order valence-corrected chi connectivity index (χ0v) is 11.6. The Morgan fingerprint density at radius 3 is 2.59 bits per heavy atom. The molecule has 2 rings (SSSR count). The van der Waals surface area contributed by atoms with Gasteiger partial charge in [0.05, 0.1) is 0 Å². The first-order valence-corrected chi connectivity index (χ1v) is 6.81. The summed E-state index contributed by atoms with van der Waals surface area (Å²) in [6.07, 6.45) is 3.90. The minimum absolute atomic E-state index is 0.613. The lowest BCUT2D eigenvalue weighted by atomic mass is 10.0. The van der Waals surface area contributed by atoms with Gasteiger partial charge in [-0.2, -0.15) is 0 Å². The van der Waals surface area contributed by atoms with Gasteiger partial charge < -0.3 is 10.2 Å². The Morgan fingerprint density at radius 1 is 1.24 bits per heavy atom. The lowest BCUT2D eigenvalue weighted by molar-refractivity contribution is 0.194. The number of rotatable bonds is 3. The second kappa shape index (κ2) is 5.94. The smallest absolute Gasteiger partial charge is 0.0441 e. The first kappa shape index (κ1) is 13.0. The molecule has 0 saturated carbocycles. The highest BCUT2D eigenvalue weighted by Crippen LogP contribution is 2.23. The Hall–Kier alpha value is -0.440. The largest absolute Gasteiger partial charge is 0.383 e. The lowest BCUT2D eigenvalue weighted by Gasteiger charge is -2.32. The predicted molar refractivity (Wildman–Crippen MR) is 75.2 cm³/mol. The second-order valence-electron chi connectivity index (χ2n) is 4.67. The third-order valence-corrected chi connectivity index (χ3v) is 3.76. The molecule has 0 radical (unpaired) electrons. The predicted octanol–water partition coefficient (Wildman–Crippen LogP) is 3.89. The van der Waals surface area contributed by atoms with E-state index in [0.29, 0.717) is 16.1 Å². The molecule has 0 spiro atoms. The topological polar surface area (TPSA) is 15.3 Å². The molecule has 1 aliphatic rings. The van der Waals surface area contributed by atoms with E-state index >= 15 is 0 Å². The van der Waals surface area contributed by atoms with Crippen LogP contribution in [-0.2, 0) is 0 Å². The number of nitrogens with zero attached hydrogens (tertiary/aromatic N) is 1. The van der Waals surface area contributed by atoms with Crippen molar-refractivity contribution in [2.75, 3.05) is 25.5 Å². The molecule has 1 atom stereocenters. The lowest BCUT2D eigenvalue weighted by Crippen LogP contribution is -2.40. The van der Waals surface area contributed by atoms with Gasteiger partial charge in [0.1, 0.15) is 0 Å². The summed E-state index contributed by atoms with van der Waals surface area (Å²) in [6, 6.07) is 6.19. The maximum Gasteiger partial charge on any atom is 0.0441 e. The van der Waals surface area contributed by atoms with Crippen molar-refractivity contribution in [2.45, 2.75) is 25.3 Å². The van der Waals surface area contributed by atoms with Gasteiger partial charge in [0.25, 0.3) is 0 Å². The normalized spacial score (nSPS) is 21.5. The number of likely N-dealkylation sites (N-methyl/N-ethyl adjacent to an activating group) is 1. The minimum atomic E-state index is 0.613. The van der Waals surface area contributed by atoms with Crippen LogP contribution in [0, 0.1) is 0 Å². The van der Waals surface area contributed by atoms with Gasteiger partial charge in [-0.25, -0.2) is 0 Å². The van der Waals surface area contributed by atoms with E-state index in [4.69, 9.17) is 23.2 Å². The van der Waals surface area contributed by atoms with Crippen molar-refractivity contribution in [3.8, 4) is 0 Å². The Bertz CT molecular complexity index is 361. The number of likely N-dealkylation sites (tertiary alicyclic amines) is 1. The molecule has 17 heavy (non-hydrogen) atoms. The molecular formula is C13H18Cl2N2. The fourth-order valence-corrected chi connectivity index (χ4v) is 2.82. The highest BCUT2D eigenvalue weighted by molar-refractivity contribution is 6.35. The molecule has 2 nitrogen and oxygen atoms in total. The van der Waals surface area contributed by atoms with Gasteiger partial charge in [0, 0.05) is 28.3 Å². The number of piperidine rings is 1. The van der Waals surface area contributed by atoms with Crippen molar-refractivity contribution < 1.29 is 0 Å². The van der Waals surface area contributed by atoms with Crippen molar-refractivity contribution in [3.63, 3.8) is 0 Å². The molecule has 94 valence electrons. The number of halogens is 2. The summed E-state index contributed by atoms with van der Waals surface area (Å²) in [5, 5.41) is 4.77. The fourth-order valence-electron chi connectivity index (χ4n) is 2.29. The molecule has 1 aromatic rings. The van der Waals surface area contributed by atoms with Crippen molar-refractivity contribution in [1.29, 1.82) is 0 Å². The van der Waals surface area contributed by atoms with E-state index in [1.165, 1.54) is 25.8 Å². The number of hydrogen-bond acceptors (Lipinski definition) is 2. The van der Waals surface area contributed by atoms with E-state index in [1.807, 2.05) is 12.1 Å². The van der Waals surface area contributed by atoms with Crippen LogP contribution in [0.4, 0.5) is 5.69 Å². The maximum absolute atomic E-state index is 5.97. The van der Waals surface area contributed by atoms with Crippen LogP contribution in [0.25, 0.3) is 0 Å². The highest BCUT2D eigenvalue weighted by atomic mass is 35.5. The molecule has 1 heterocycles. The molecule has 0 aromatic heterocycles. The molecule has 1 aliphatic heterocycles. The summed E-state index contributed by atoms with van der Waals surface area (Å²) in [5.41, 5.74) is 1.00. The first-order chi connectivity index (χ1) is 8.15. The number of nitrogens with one attached hydrogen (secondary N) is 1. The third kappa shape index (κ3) is 3.77. The Morgan fingerprint density at radius 2 is 1.94 bits per heavy atom. The van der Waals surface area contributed by atoms with Crippen LogP contribution >= 0.6 is 23.2 Å². The van der Waals surface area contributed by atoms with Crippen molar-refractivity contribution in [1.82, 2.24) is 4.90 Å². The van der Waals surface area contributed by atoms with Gasteiger partial charge in [-0.1, -0.05) is 29.6 Å². The summed E-state index contributed by atoms with van der Waals surface area (Å²) in [6.45, 7) is 2.15. The van der Waals surface area contributed by atoms with E-state index in [9.17, 15) is 0 Å². The van der Waals surface area contributed by atoms with Crippen molar-refractivity contribution in [3.05, 3.63) is 28.2 Å². The second-order valence-corrected chi connectivity index (χ2v) is 5.54.